The second-order valence-electron chi connectivity index (χ2n) is 5.91. The maximum Gasteiger partial charge on any atom is 0.234 e. The first-order chi connectivity index (χ1) is 10.7. The Morgan fingerprint density at radius 2 is 2.14 bits per heavy atom. The highest BCUT2D eigenvalue weighted by Gasteiger charge is 2.20. The van der Waals surface area contributed by atoms with Crippen molar-refractivity contribution in [2.24, 2.45) is 0 Å². The number of benzene rings is 1. The van der Waals surface area contributed by atoms with Crippen LogP contribution in [0.15, 0.2) is 28.7 Å². The predicted molar refractivity (Wildman–Crippen MR) is 93.7 cm³/mol. The summed E-state index contributed by atoms with van der Waals surface area (Å²) in [5.74, 6) is 0.155. The summed E-state index contributed by atoms with van der Waals surface area (Å²) in [6, 6.07) is 8.96. The fourth-order valence-corrected chi connectivity index (χ4v) is 3.17. The maximum atomic E-state index is 11.7. The molecule has 0 aliphatic carbocycles. The standard InChI is InChI=1S/C17H26BrN3O/c1-2-8-19-17(22)13-21-9-6-16(7-10-21)20-12-14-4-3-5-15(18)11-14/h3-5,11,16,20H,2,6-10,12-13H2,1H3,(H,19,22). The fraction of sp³-hybridized carbons (Fsp3) is 0.588. The van der Waals surface area contributed by atoms with Gasteiger partial charge in [-0.25, -0.2) is 0 Å². The van der Waals surface area contributed by atoms with Gasteiger partial charge in [0.1, 0.15) is 0 Å². The molecule has 1 fully saturated rings. The molecule has 0 atom stereocenters. The second-order valence-corrected chi connectivity index (χ2v) is 6.83. The number of nitrogens with zero attached hydrogens (tertiary/aromatic N) is 1. The summed E-state index contributed by atoms with van der Waals surface area (Å²) in [4.78, 5) is 14.0. The number of carbonyl (C=O) groups is 1. The Labute approximate surface area is 141 Å². The molecule has 2 rings (SSSR count). The van der Waals surface area contributed by atoms with Gasteiger partial charge in [0.05, 0.1) is 6.54 Å². The molecule has 1 saturated heterocycles. The van der Waals surface area contributed by atoms with E-state index in [9.17, 15) is 4.79 Å². The number of likely N-dealkylation sites (tertiary alicyclic amines) is 1. The van der Waals surface area contributed by atoms with Crippen LogP contribution >= 0.6 is 15.9 Å². The Kier molecular flexibility index (Phi) is 7.36. The zero-order chi connectivity index (χ0) is 15.8. The van der Waals surface area contributed by atoms with E-state index in [1.54, 1.807) is 0 Å². The molecule has 0 bridgehead atoms. The van der Waals surface area contributed by atoms with Gasteiger partial charge in [-0.3, -0.25) is 9.69 Å². The first-order valence-electron chi connectivity index (χ1n) is 8.14. The topological polar surface area (TPSA) is 44.4 Å². The minimum Gasteiger partial charge on any atom is -0.355 e. The Morgan fingerprint density at radius 3 is 2.82 bits per heavy atom. The molecule has 122 valence electrons. The normalized spacial score (nSPS) is 16.6. The summed E-state index contributed by atoms with van der Waals surface area (Å²) in [6.45, 7) is 6.29. The molecule has 22 heavy (non-hydrogen) atoms. The fourth-order valence-electron chi connectivity index (χ4n) is 2.73. The lowest BCUT2D eigenvalue weighted by atomic mass is 10.0. The third kappa shape index (κ3) is 6.07. The van der Waals surface area contributed by atoms with Crippen molar-refractivity contribution in [3.8, 4) is 0 Å². The van der Waals surface area contributed by atoms with Gasteiger partial charge in [-0.1, -0.05) is 35.0 Å². The molecular formula is C17H26BrN3O. The van der Waals surface area contributed by atoms with Gasteiger partial charge in [-0.15, -0.1) is 0 Å². The average Bonchev–Trinajstić information content (AvgIpc) is 2.52. The van der Waals surface area contributed by atoms with E-state index in [0.29, 0.717) is 12.6 Å². The SMILES string of the molecule is CCCNC(=O)CN1CCC(NCc2cccc(Br)c2)CC1. The van der Waals surface area contributed by atoms with Crippen LogP contribution in [0, 0.1) is 0 Å². The lowest BCUT2D eigenvalue weighted by Gasteiger charge is -2.32. The highest BCUT2D eigenvalue weighted by molar-refractivity contribution is 9.10. The van der Waals surface area contributed by atoms with Gasteiger partial charge < -0.3 is 10.6 Å². The molecule has 1 aromatic carbocycles. The summed E-state index contributed by atoms with van der Waals surface area (Å²) < 4.78 is 1.12. The van der Waals surface area contributed by atoms with Crippen LogP contribution in [0.1, 0.15) is 31.7 Å². The van der Waals surface area contributed by atoms with Crippen molar-refractivity contribution in [2.75, 3.05) is 26.2 Å². The van der Waals surface area contributed by atoms with Crippen molar-refractivity contribution >= 4 is 21.8 Å². The lowest BCUT2D eigenvalue weighted by Crippen LogP contribution is -2.46. The quantitative estimate of drug-likeness (QED) is 0.778. The Morgan fingerprint density at radius 1 is 1.36 bits per heavy atom. The van der Waals surface area contributed by atoms with Crippen LogP contribution in [0.5, 0.6) is 0 Å². The summed E-state index contributed by atoms with van der Waals surface area (Å²) in [5, 5.41) is 6.57. The highest BCUT2D eigenvalue weighted by atomic mass is 79.9. The van der Waals surface area contributed by atoms with Gasteiger partial charge >= 0.3 is 0 Å². The molecule has 0 saturated carbocycles. The summed E-state index contributed by atoms with van der Waals surface area (Å²) in [6.07, 6.45) is 3.21. The third-order valence-corrected chi connectivity index (χ3v) is 4.50. The molecule has 5 heteroatoms. The van der Waals surface area contributed by atoms with E-state index in [2.05, 4.69) is 56.6 Å². The molecule has 1 aromatic rings. The van der Waals surface area contributed by atoms with Crippen LogP contribution in [0.4, 0.5) is 0 Å². The number of carbonyl (C=O) groups excluding carboxylic acids is 1. The number of nitrogens with one attached hydrogen (secondary N) is 2. The van der Waals surface area contributed by atoms with Crippen molar-refractivity contribution < 1.29 is 4.79 Å². The first-order valence-corrected chi connectivity index (χ1v) is 8.93. The predicted octanol–water partition coefficient (Wildman–Crippen LogP) is 2.53. The van der Waals surface area contributed by atoms with Crippen molar-refractivity contribution in [1.29, 1.82) is 0 Å². The van der Waals surface area contributed by atoms with E-state index in [4.69, 9.17) is 0 Å². The van der Waals surface area contributed by atoms with Crippen molar-refractivity contribution in [1.82, 2.24) is 15.5 Å². The maximum absolute atomic E-state index is 11.7. The van der Waals surface area contributed by atoms with Gasteiger partial charge in [0.25, 0.3) is 0 Å². The second kappa shape index (κ2) is 9.28. The van der Waals surface area contributed by atoms with Crippen LogP contribution in [-0.4, -0.2) is 43.0 Å². The monoisotopic (exact) mass is 367 g/mol. The number of piperidine rings is 1. The highest BCUT2D eigenvalue weighted by Crippen LogP contribution is 2.14. The third-order valence-electron chi connectivity index (χ3n) is 4.01. The molecule has 1 aliphatic rings. The molecule has 1 heterocycles. The average molecular weight is 368 g/mol. The minimum atomic E-state index is 0.155. The van der Waals surface area contributed by atoms with Gasteiger partial charge in [-0.05, 0) is 37.0 Å². The van der Waals surface area contributed by atoms with E-state index in [1.165, 1.54) is 5.56 Å². The molecule has 1 amide bonds. The molecule has 0 spiro atoms. The van der Waals surface area contributed by atoms with E-state index >= 15 is 0 Å². The molecule has 2 N–H and O–H groups in total. The molecule has 0 aromatic heterocycles. The first kappa shape index (κ1) is 17.4. The zero-order valence-corrected chi connectivity index (χ0v) is 14.9. The van der Waals surface area contributed by atoms with E-state index in [1.807, 2.05) is 6.07 Å². The zero-order valence-electron chi connectivity index (χ0n) is 13.3. The number of halogens is 1. The van der Waals surface area contributed by atoms with Gasteiger partial charge in [0, 0.05) is 36.7 Å². The van der Waals surface area contributed by atoms with Crippen LogP contribution in [-0.2, 0) is 11.3 Å². The smallest absolute Gasteiger partial charge is 0.234 e. The molecular weight excluding hydrogens is 342 g/mol. The molecule has 4 nitrogen and oxygen atoms in total. The van der Waals surface area contributed by atoms with Crippen LogP contribution in [0.25, 0.3) is 0 Å². The Bertz CT molecular complexity index is 473. The Hall–Kier alpha value is -0.910. The van der Waals surface area contributed by atoms with Gasteiger partial charge in [-0.2, -0.15) is 0 Å². The van der Waals surface area contributed by atoms with E-state index in [0.717, 1.165) is 49.9 Å². The Balaban J connectivity index is 1.65. The van der Waals surface area contributed by atoms with Crippen LogP contribution in [0.3, 0.4) is 0 Å². The van der Waals surface area contributed by atoms with Crippen molar-refractivity contribution in [3.05, 3.63) is 34.3 Å². The van der Waals surface area contributed by atoms with Gasteiger partial charge in [0.2, 0.25) is 5.91 Å². The summed E-state index contributed by atoms with van der Waals surface area (Å²) >= 11 is 3.50. The lowest BCUT2D eigenvalue weighted by molar-refractivity contribution is -0.122. The van der Waals surface area contributed by atoms with Crippen molar-refractivity contribution in [2.45, 2.75) is 38.8 Å². The van der Waals surface area contributed by atoms with E-state index in [-0.39, 0.29) is 5.91 Å². The molecule has 1 aliphatic heterocycles. The van der Waals surface area contributed by atoms with Crippen LogP contribution in [0.2, 0.25) is 0 Å². The summed E-state index contributed by atoms with van der Waals surface area (Å²) in [5.41, 5.74) is 1.30. The summed E-state index contributed by atoms with van der Waals surface area (Å²) in [7, 11) is 0. The minimum absolute atomic E-state index is 0.155. The number of hydrogen-bond acceptors (Lipinski definition) is 3. The van der Waals surface area contributed by atoms with Gasteiger partial charge in [0.15, 0.2) is 0 Å². The number of hydrogen-bond donors (Lipinski definition) is 2. The number of rotatable bonds is 7. The van der Waals surface area contributed by atoms with Crippen molar-refractivity contribution in [3.63, 3.8) is 0 Å². The molecule has 0 radical (unpaired) electrons. The molecule has 0 unspecified atom stereocenters. The van der Waals surface area contributed by atoms with Crippen LogP contribution < -0.4 is 10.6 Å². The number of amides is 1. The van der Waals surface area contributed by atoms with E-state index < -0.39 is 0 Å². The largest absolute Gasteiger partial charge is 0.355 e.